The summed E-state index contributed by atoms with van der Waals surface area (Å²) < 4.78 is 49.0. The van der Waals surface area contributed by atoms with E-state index in [0.717, 1.165) is 35.9 Å². The number of esters is 1. The van der Waals surface area contributed by atoms with Gasteiger partial charge in [-0.3, -0.25) is 4.79 Å². The van der Waals surface area contributed by atoms with E-state index < -0.39 is 6.36 Å². The Balaban J connectivity index is 1.51. The van der Waals surface area contributed by atoms with Gasteiger partial charge in [-0.05, 0) is 85.7 Å². The number of aromatic nitrogens is 2. The highest BCUT2D eigenvalue weighted by molar-refractivity contribution is 5.81. The third-order valence-corrected chi connectivity index (χ3v) is 6.67. The summed E-state index contributed by atoms with van der Waals surface area (Å²) in [6, 6.07) is 20.0. The van der Waals surface area contributed by atoms with E-state index in [1.54, 1.807) is 6.92 Å². The maximum Gasteiger partial charge on any atom is 0.573 e. The largest absolute Gasteiger partial charge is 0.573 e. The summed E-state index contributed by atoms with van der Waals surface area (Å²) in [6.45, 7) is 2.13. The summed E-state index contributed by atoms with van der Waals surface area (Å²) in [6.07, 6.45) is -0.949. The molecule has 0 amide bonds. The molecule has 0 fully saturated rings. The number of anilines is 2. The molecular formula is C29H28F3N3O3. The van der Waals surface area contributed by atoms with E-state index in [1.165, 1.54) is 35.4 Å². The van der Waals surface area contributed by atoms with Crippen molar-refractivity contribution in [1.29, 1.82) is 0 Å². The Morgan fingerprint density at radius 2 is 1.89 bits per heavy atom. The maximum absolute atomic E-state index is 12.6. The van der Waals surface area contributed by atoms with Crippen LogP contribution >= 0.6 is 0 Å². The second-order valence-electron chi connectivity index (χ2n) is 9.24. The van der Waals surface area contributed by atoms with Crippen LogP contribution in [-0.2, 0) is 22.4 Å². The van der Waals surface area contributed by atoms with Crippen molar-refractivity contribution in [3.8, 4) is 5.75 Å². The molecule has 38 heavy (non-hydrogen) atoms. The Hall–Kier alpha value is -4.01. The van der Waals surface area contributed by atoms with E-state index in [2.05, 4.69) is 26.8 Å². The number of benzene rings is 3. The lowest BCUT2D eigenvalue weighted by molar-refractivity contribution is -0.274. The molecule has 0 saturated carbocycles. The third kappa shape index (κ3) is 5.77. The number of alkyl halides is 3. The van der Waals surface area contributed by atoms with Crippen molar-refractivity contribution in [1.82, 2.24) is 9.55 Å². The summed E-state index contributed by atoms with van der Waals surface area (Å²) in [5, 5.41) is 3.31. The number of halogens is 3. The number of imidazole rings is 1. The molecule has 0 bridgehead atoms. The fraction of sp³-hybridized carbons (Fsp3) is 0.310. The SMILES string of the molecule is CCOC(=O)CCc1ccc2c(c1)nc(Nc1ccc(OC(F)(F)F)cc1)n2[C@@H]1CCCc2ccccc21. The van der Waals surface area contributed by atoms with E-state index in [9.17, 15) is 18.0 Å². The molecule has 1 aliphatic rings. The van der Waals surface area contributed by atoms with Crippen LogP contribution in [0.5, 0.6) is 5.75 Å². The first kappa shape index (κ1) is 25.6. The minimum Gasteiger partial charge on any atom is -0.466 e. The fourth-order valence-electron chi connectivity index (χ4n) is 5.05. The maximum atomic E-state index is 12.6. The van der Waals surface area contributed by atoms with Gasteiger partial charge >= 0.3 is 12.3 Å². The number of carbonyl (C=O) groups is 1. The summed E-state index contributed by atoms with van der Waals surface area (Å²) >= 11 is 0. The predicted octanol–water partition coefficient (Wildman–Crippen LogP) is 7.10. The van der Waals surface area contributed by atoms with Crippen molar-refractivity contribution in [3.63, 3.8) is 0 Å². The topological polar surface area (TPSA) is 65.4 Å². The molecule has 3 aromatic carbocycles. The molecule has 1 aromatic heterocycles. The van der Waals surface area contributed by atoms with Gasteiger partial charge in [0.25, 0.3) is 0 Å². The number of rotatable bonds is 8. The van der Waals surface area contributed by atoms with Crippen molar-refractivity contribution < 1.29 is 27.4 Å². The summed E-state index contributed by atoms with van der Waals surface area (Å²) in [5.41, 5.74) is 5.81. The van der Waals surface area contributed by atoms with Crippen molar-refractivity contribution in [2.45, 2.75) is 51.4 Å². The lowest BCUT2D eigenvalue weighted by Gasteiger charge is -2.28. The van der Waals surface area contributed by atoms with Gasteiger partial charge in [-0.1, -0.05) is 30.3 Å². The summed E-state index contributed by atoms with van der Waals surface area (Å²) in [5.74, 6) is 0.0648. The molecule has 5 rings (SSSR count). The monoisotopic (exact) mass is 523 g/mol. The van der Waals surface area contributed by atoms with Crippen LogP contribution in [0.4, 0.5) is 24.8 Å². The zero-order valence-electron chi connectivity index (χ0n) is 20.9. The van der Waals surface area contributed by atoms with Gasteiger partial charge in [-0.2, -0.15) is 0 Å². The second kappa shape index (κ2) is 10.8. The van der Waals surface area contributed by atoms with Crippen LogP contribution < -0.4 is 10.1 Å². The Bertz CT molecular complexity index is 1430. The zero-order valence-corrected chi connectivity index (χ0v) is 20.9. The molecule has 0 spiro atoms. The molecule has 1 N–H and O–H groups in total. The average molecular weight is 524 g/mol. The molecule has 1 aliphatic carbocycles. The summed E-state index contributed by atoms with van der Waals surface area (Å²) in [7, 11) is 0. The van der Waals surface area contributed by atoms with Crippen LogP contribution in [0.25, 0.3) is 11.0 Å². The van der Waals surface area contributed by atoms with E-state index in [0.29, 0.717) is 24.7 Å². The molecule has 4 aromatic rings. The van der Waals surface area contributed by atoms with Crippen LogP contribution in [0, 0.1) is 0 Å². The summed E-state index contributed by atoms with van der Waals surface area (Å²) in [4.78, 5) is 16.7. The number of aryl methyl sites for hydroxylation is 2. The molecule has 9 heteroatoms. The van der Waals surface area contributed by atoms with Crippen LogP contribution in [0.2, 0.25) is 0 Å². The molecule has 198 valence electrons. The number of ether oxygens (including phenoxy) is 2. The van der Waals surface area contributed by atoms with E-state index in [1.807, 2.05) is 30.3 Å². The average Bonchev–Trinajstić information content (AvgIpc) is 3.24. The Labute approximate surface area is 218 Å². The highest BCUT2D eigenvalue weighted by Crippen LogP contribution is 2.38. The van der Waals surface area contributed by atoms with Crippen LogP contribution in [-0.4, -0.2) is 28.5 Å². The molecule has 1 atom stereocenters. The van der Waals surface area contributed by atoms with Gasteiger partial charge < -0.3 is 19.4 Å². The van der Waals surface area contributed by atoms with E-state index in [4.69, 9.17) is 9.72 Å². The van der Waals surface area contributed by atoms with E-state index >= 15 is 0 Å². The molecule has 0 aliphatic heterocycles. The van der Waals surface area contributed by atoms with E-state index in [-0.39, 0.29) is 24.2 Å². The van der Waals surface area contributed by atoms with Crippen molar-refractivity contribution >= 4 is 28.6 Å². The lowest BCUT2D eigenvalue weighted by Crippen LogP contribution is -2.18. The van der Waals surface area contributed by atoms with Gasteiger partial charge in [-0.15, -0.1) is 13.2 Å². The zero-order chi connectivity index (χ0) is 26.7. The van der Waals surface area contributed by atoms with Gasteiger partial charge in [0.1, 0.15) is 5.75 Å². The highest BCUT2D eigenvalue weighted by Gasteiger charge is 2.31. The van der Waals surface area contributed by atoms with Gasteiger partial charge in [0.05, 0.1) is 23.7 Å². The number of nitrogens with one attached hydrogen (secondary N) is 1. The quantitative estimate of drug-likeness (QED) is 0.250. The van der Waals surface area contributed by atoms with Gasteiger partial charge in [-0.25, -0.2) is 4.98 Å². The molecule has 0 saturated heterocycles. The molecule has 0 radical (unpaired) electrons. The van der Waals surface area contributed by atoms with Crippen LogP contribution in [0.3, 0.4) is 0 Å². The van der Waals surface area contributed by atoms with Gasteiger partial charge in [0, 0.05) is 12.1 Å². The standard InChI is InChI=1S/C29H28F3N3O3/c1-2-37-27(36)17-11-19-10-16-26-24(18-19)34-28(33-21-12-14-22(15-13-21)38-29(30,31)32)35(26)25-9-5-7-20-6-3-4-8-23(20)25/h3-4,6,8,10,12-16,18,25H,2,5,7,9,11,17H2,1H3,(H,33,34)/t25-/m1/s1. The minimum atomic E-state index is -4.75. The Morgan fingerprint density at radius 1 is 1.11 bits per heavy atom. The van der Waals surface area contributed by atoms with Crippen molar-refractivity contribution in [2.24, 2.45) is 0 Å². The van der Waals surface area contributed by atoms with Crippen molar-refractivity contribution in [3.05, 3.63) is 83.4 Å². The van der Waals surface area contributed by atoms with Gasteiger partial charge in [0.15, 0.2) is 0 Å². The van der Waals surface area contributed by atoms with Crippen LogP contribution in [0.1, 0.15) is 48.9 Å². The number of hydrogen-bond donors (Lipinski definition) is 1. The molecule has 0 unspecified atom stereocenters. The van der Waals surface area contributed by atoms with Gasteiger partial charge in [0.2, 0.25) is 5.95 Å². The predicted molar refractivity (Wildman–Crippen MR) is 139 cm³/mol. The molecular weight excluding hydrogens is 495 g/mol. The Morgan fingerprint density at radius 3 is 2.66 bits per heavy atom. The smallest absolute Gasteiger partial charge is 0.466 e. The third-order valence-electron chi connectivity index (χ3n) is 6.67. The lowest BCUT2D eigenvalue weighted by atomic mass is 9.87. The van der Waals surface area contributed by atoms with Crippen molar-refractivity contribution in [2.75, 3.05) is 11.9 Å². The molecule has 1 heterocycles. The normalized spacial score (nSPS) is 15.2. The number of nitrogens with zero attached hydrogens (tertiary/aromatic N) is 2. The Kier molecular flexibility index (Phi) is 7.26. The second-order valence-corrected chi connectivity index (χ2v) is 9.24. The fourth-order valence-corrected chi connectivity index (χ4v) is 5.05. The van der Waals surface area contributed by atoms with Crippen LogP contribution in [0.15, 0.2) is 66.7 Å². The first-order chi connectivity index (χ1) is 18.3. The highest BCUT2D eigenvalue weighted by atomic mass is 19.4. The number of fused-ring (bicyclic) bond motifs is 2. The minimum absolute atomic E-state index is 0.0469. The molecule has 6 nitrogen and oxygen atoms in total. The number of hydrogen-bond acceptors (Lipinski definition) is 5. The first-order valence-electron chi connectivity index (χ1n) is 12.7. The first-order valence-corrected chi connectivity index (χ1v) is 12.7. The number of carbonyl (C=O) groups excluding carboxylic acids is 1.